The number of hydrogen-bond donors (Lipinski definition) is 1. The second kappa shape index (κ2) is 4.57. The fourth-order valence-electron chi connectivity index (χ4n) is 1.54. The second-order valence-electron chi connectivity index (χ2n) is 3.15. The van der Waals surface area contributed by atoms with E-state index in [0.717, 1.165) is 27.2 Å². The summed E-state index contributed by atoms with van der Waals surface area (Å²) in [7, 11) is 3.25. The van der Waals surface area contributed by atoms with Crippen molar-refractivity contribution in [2.75, 3.05) is 14.2 Å². The summed E-state index contributed by atoms with van der Waals surface area (Å²) in [6.07, 6.45) is 3.35. The summed E-state index contributed by atoms with van der Waals surface area (Å²) in [5.74, 6) is 1.46. The first kappa shape index (κ1) is 11.0. The van der Waals surface area contributed by atoms with Crippen LogP contribution in [0.15, 0.2) is 29.1 Å². The number of imidazole rings is 1. The lowest BCUT2D eigenvalue weighted by Gasteiger charge is -2.12. The molecule has 1 N–H and O–H groups in total. The van der Waals surface area contributed by atoms with Gasteiger partial charge in [0.25, 0.3) is 0 Å². The number of nitrogens with one attached hydrogen (secondary N) is 1. The van der Waals surface area contributed by atoms with Crippen molar-refractivity contribution in [3.05, 3.63) is 29.1 Å². The van der Waals surface area contributed by atoms with Gasteiger partial charge in [-0.1, -0.05) is 15.9 Å². The first-order valence-electron chi connectivity index (χ1n) is 4.66. The van der Waals surface area contributed by atoms with Crippen LogP contribution >= 0.6 is 15.9 Å². The highest BCUT2D eigenvalue weighted by Crippen LogP contribution is 2.39. The number of halogens is 1. The Hall–Kier alpha value is -1.49. The number of benzene rings is 1. The average Bonchev–Trinajstić information content (AvgIpc) is 2.80. The molecule has 0 spiro atoms. The van der Waals surface area contributed by atoms with Crippen molar-refractivity contribution in [2.24, 2.45) is 0 Å². The summed E-state index contributed by atoms with van der Waals surface area (Å²) in [5.41, 5.74) is 1.73. The lowest BCUT2D eigenvalue weighted by Crippen LogP contribution is -1.93. The fourth-order valence-corrected chi connectivity index (χ4v) is 1.95. The van der Waals surface area contributed by atoms with Gasteiger partial charge in [-0.25, -0.2) is 4.98 Å². The number of aromatic amines is 1. The van der Waals surface area contributed by atoms with Crippen LogP contribution in [-0.4, -0.2) is 24.2 Å². The van der Waals surface area contributed by atoms with E-state index in [1.165, 1.54) is 0 Å². The zero-order valence-electron chi connectivity index (χ0n) is 8.95. The smallest absolute Gasteiger partial charge is 0.133 e. The third-order valence-corrected chi connectivity index (χ3v) is 2.70. The maximum Gasteiger partial charge on any atom is 0.133 e. The minimum absolute atomic E-state index is 0.732. The van der Waals surface area contributed by atoms with Gasteiger partial charge in [-0.3, -0.25) is 0 Å². The van der Waals surface area contributed by atoms with Crippen LogP contribution in [0.4, 0.5) is 0 Å². The largest absolute Gasteiger partial charge is 0.496 e. The third-order valence-electron chi connectivity index (χ3n) is 2.24. The van der Waals surface area contributed by atoms with E-state index in [1.54, 1.807) is 26.7 Å². The van der Waals surface area contributed by atoms with Crippen LogP contribution in [0.2, 0.25) is 0 Å². The Morgan fingerprint density at radius 2 is 1.81 bits per heavy atom. The van der Waals surface area contributed by atoms with E-state index in [-0.39, 0.29) is 0 Å². The van der Waals surface area contributed by atoms with E-state index in [9.17, 15) is 0 Å². The average molecular weight is 283 g/mol. The Morgan fingerprint density at radius 1 is 1.19 bits per heavy atom. The van der Waals surface area contributed by atoms with E-state index in [0.29, 0.717) is 0 Å². The van der Waals surface area contributed by atoms with Gasteiger partial charge in [-0.2, -0.15) is 0 Å². The SMILES string of the molecule is COc1cc(Br)cc(OC)c1-c1cnc[nH]1. The predicted octanol–water partition coefficient (Wildman–Crippen LogP) is 2.86. The van der Waals surface area contributed by atoms with Gasteiger partial charge in [-0.05, 0) is 12.1 Å². The molecule has 2 rings (SSSR count). The Morgan fingerprint density at radius 3 is 2.25 bits per heavy atom. The Balaban J connectivity index is 2.65. The van der Waals surface area contributed by atoms with Gasteiger partial charge in [0, 0.05) is 4.47 Å². The molecule has 0 saturated carbocycles. The number of rotatable bonds is 3. The molecule has 0 amide bonds. The van der Waals surface area contributed by atoms with Crippen LogP contribution in [0.25, 0.3) is 11.3 Å². The summed E-state index contributed by atoms with van der Waals surface area (Å²) in [5, 5.41) is 0. The number of methoxy groups -OCH3 is 2. The molecule has 2 aromatic rings. The minimum atomic E-state index is 0.732. The normalized spacial score (nSPS) is 10.2. The molecule has 1 aromatic heterocycles. The van der Waals surface area contributed by atoms with E-state index in [2.05, 4.69) is 25.9 Å². The summed E-state index contributed by atoms with van der Waals surface area (Å²) in [4.78, 5) is 7.03. The number of ether oxygens (including phenoxy) is 2. The number of nitrogens with zero attached hydrogens (tertiary/aromatic N) is 1. The van der Waals surface area contributed by atoms with Crippen molar-refractivity contribution >= 4 is 15.9 Å². The molecule has 1 aromatic carbocycles. The molecule has 0 radical (unpaired) electrons. The molecular formula is C11H11BrN2O2. The second-order valence-corrected chi connectivity index (χ2v) is 4.07. The number of aromatic nitrogens is 2. The van der Waals surface area contributed by atoms with Gasteiger partial charge < -0.3 is 14.5 Å². The first-order valence-corrected chi connectivity index (χ1v) is 5.46. The zero-order valence-corrected chi connectivity index (χ0v) is 10.5. The summed E-state index contributed by atoms with van der Waals surface area (Å²) < 4.78 is 11.6. The van der Waals surface area contributed by atoms with Crippen molar-refractivity contribution in [3.8, 4) is 22.8 Å². The highest BCUT2D eigenvalue weighted by Gasteiger charge is 2.14. The maximum atomic E-state index is 5.33. The van der Waals surface area contributed by atoms with E-state index < -0.39 is 0 Å². The topological polar surface area (TPSA) is 47.1 Å². The minimum Gasteiger partial charge on any atom is -0.496 e. The van der Waals surface area contributed by atoms with Crippen LogP contribution in [0, 0.1) is 0 Å². The van der Waals surface area contributed by atoms with Gasteiger partial charge in [0.2, 0.25) is 0 Å². The number of H-pyrrole nitrogens is 1. The van der Waals surface area contributed by atoms with Crippen molar-refractivity contribution in [3.63, 3.8) is 0 Å². The van der Waals surface area contributed by atoms with Gasteiger partial charge >= 0.3 is 0 Å². The molecule has 0 fully saturated rings. The highest BCUT2D eigenvalue weighted by atomic mass is 79.9. The molecule has 1 heterocycles. The molecule has 0 aliphatic rings. The van der Waals surface area contributed by atoms with Crippen molar-refractivity contribution in [2.45, 2.75) is 0 Å². The third kappa shape index (κ3) is 1.90. The van der Waals surface area contributed by atoms with Crippen LogP contribution in [-0.2, 0) is 0 Å². The predicted molar refractivity (Wildman–Crippen MR) is 64.8 cm³/mol. The van der Waals surface area contributed by atoms with Gasteiger partial charge in [0.05, 0.1) is 38.0 Å². The van der Waals surface area contributed by atoms with E-state index in [1.807, 2.05) is 12.1 Å². The van der Waals surface area contributed by atoms with Crippen LogP contribution < -0.4 is 9.47 Å². The molecule has 4 nitrogen and oxygen atoms in total. The first-order chi connectivity index (χ1) is 7.76. The summed E-state index contributed by atoms with van der Waals surface area (Å²) in [6.45, 7) is 0. The standard InChI is InChI=1S/C11H11BrN2O2/c1-15-9-3-7(12)4-10(16-2)11(9)8-5-13-6-14-8/h3-6H,1-2H3,(H,13,14). The molecule has 0 aliphatic carbocycles. The monoisotopic (exact) mass is 282 g/mol. The summed E-state index contributed by atoms with van der Waals surface area (Å²) in [6, 6.07) is 3.78. The van der Waals surface area contributed by atoms with Gasteiger partial charge in [-0.15, -0.1) is 0 Å². The van der Waals surface area contributed by atoms with Crippen LogP contribution in [0.3, 0.4) is 0 Å². The Labute approximate surface area is 102 Å². The Bertz CT molecular complexity index is 458. The molecule has 84 valence electrons. The van der Waals surface area contributed by atoms with Crippen LogP contribution in [0.1, 0.15) is 0 Å². The van der Waals surface area contributed by atoms with Gasteiger partial charge in [0.1, 0.15) is 11.5 Å². The Kier molecular flexibility index (Phi) is 3.14. The van der Waals surface area contributed by atoms with Gasteiger partial charge in [0.15, 0.2) is 0 Å². The zero-order chi connectivity index (χ0) is 11.5. The van der Waals surface area contributed by atoms with Crippen molar-refractivity contribution in [1.82, 2.24) is 9.97 Å². The van der Waals surface area contributed by atoms with Crippen molar-refractivity contribution < 1.29 is 9.47 Å². The molecule has 0 unspecified atom stereocenters. The van der Waals surface area contributed by atoms with Crippen molar-refractivity contribution in [1.29, 1.82) is 0 Å². The molecule has 0 bridgehead atoms. The van der Waals surface area contributed by atoms with Crippen LogP contribution in [0.5, 0.6) is 11.5 Å². The van der Waals surface area contributed by atoms with E-state index >= 15 is 0 Å². The molecule has 16 heavy (non-hydrogen) atoms. The number of hydrogen-bond acceptors (Lipinski definition) is 3. The lowest BCUT2D eigenvalue weighted by atomic mass is 10.1. The quantitative estimate of drug-likeness (QED) is 0.942. The molecule has 0 saturated heterocycles. The fraction of sp³-hybridized carbons (Fsp3) is 0.182. The highest BCUT2D eigenvalue weighted by molar-refractivity contribution is 9.10. The lowest BCUT2D eigenvalue weighted by molar-refractivity contribution is 0.396. The maximum absolute atomic E-state index is 5.33. The molecule has 0 atom stereocenters. The molecule has 5 heteroatoms. The summed E-state index contributed by atoms with van der Waals surface area (Å²) >= 11 is 3.41. The van der Waals surface area contributed by atoms with E-state index in [4.69, 9.17) is 9.47 Å². The molecular weight excluding hydrogens is 272 g/mol. The molecule has 0 aliphatic heterocycles.